The second kappa shape index (κ2) is 9.84. The summed E-state index contributed by atoms with van der Waals surface area (Å²) in [7, 11) is 0. The molecular formula is C25H42N6O3S. The van der Waals surface area contributed by atoms with Crippen LogP contribution in [0.25, 0.3) is 0 Å². The minimum atomic E-state index is -0.591. The summed E-state index contributed by atoms with van der Waals surface area (Å²) in [6.07, 6.45) is 0.284. The molecule has 0 aliphatic carbocycles. The molecule has 0 spiro atoms. The van der Waals surface area contributed by atoms with E-state index in [4.69, 9.17) is 9.84 Å². The number of anilines is 1. The highest BCUT2D eigenvalue weighted by Gasteiger charge is 2.45. The molecule has 0 aromatic carbocycles. The number of aryl methyl sites for hydroxylation is 1. The van der Waals surface area contributed by atoms with E-state index >= 15 is 0 Å². The van der Waals surface area contributed by atoms with E-state index in [1.165, 1.54) is 0 Å². The summed E-state index contributed by atoms with van der Waals surface area (Å²) >= 11 is 1.77. The number of rotatable bonds is 3. The maximum Gasteiger partial charge on any atom is 0.411 e. The van der Waals surface area contributed by atoms with Gasteiger partial charge in [-0.15, -0.1) is 11.8 Å². The predicted molar refractivity (Wildman–Crippen MR) is 140 cm³/mol. The molecule has 0 unspecified atom stereocenters. The lowest BCUT2D eigenvalue weighted by molar-refractivity contribution is -0.134. The van der Waals surface area contributed by atoms with Gasteiger partial charge >= 0.3 is 6.09 Å². The van der Waals surface area contributed by atoms with Crippen molar-refractivity contribution in [2.24, 2.45) is 0 Å². The number of thioether (sulfide) groups is 1. The lowest BCUT2D eigenvalue weighted by Crippen LogP contribution is -2.52. The zero-order valence-electron chi connectivity index (χ0n) is 22.4. The molecule has 0 N–H and O–H groups in total. The van der Waals surface area contributed by atoms with E-state index in [1.807, 2.05) is 32.6 Å². The SMILES string of the molecule is Cc1cc(N2CCN([C@H]3C[C@@H](C(=O)N4CCSC4)N(C(=O)OC(C)(C)C)C3)CC2)n(C(C)(C)C)n1. The lowest BCUT2D eigenvalue weighted by atomic mass is 10.1. The predicted octanol–water partition coefficient (Wildman–Crippen LogP) is 2.98. The maximum absolute atomic E-state index is 13.4. The number of hydrogen-bond donors (Lipinski definition) is 0. The highest BCUT2D eigenvalue weighted by molar-refractivity contribution is 7.99. The summed E-state index contributed by atoms with van der Waals surface area (Å²) in [5.41, 5.74) is 0.357. The van der Waals surface area contributed by atoms with E-state index in [-0.39, 0.29) is 23.6 Å². The van der Waals surface area contributed by atoms with Gasteiger partial charge in [-0.1, -0.05) is 0 Å². The van der Waals surface area contributed by atoms with Gasteiger partial charge in [-0.2, -0.15) is 5.10 Å². The molecule has 4 rings (SSSR count). The van der Waals surface area contributed by atoms with Gasteiger partial charge in [-0.05, 0) is 54.9 Å². The number of piperazine rings is 1. The van der Waals surface area contributed by atoms with Crippen molar-refractivity contribution in [2.75, 3.05) is 55.8 Å². The number of carbonyl (C=O) groups is 2. The molecule has 4 heterocycles. The van der Waals surface area contributed by atoms with Crippen LogP contribution in [0.1, 0.15) is 53.7 Å². The van der Waals surface area contributed by atoms with Crippen molar-refractivity contribution in [2.45, 2.75) is 78.1 Å². The first-order chi connectivity index (χ1) is 16.3. The number of ether oxygens (including phenoxy) is 1. The Hall–Kier alpha value is -1.94. The summed E-state index contributed by atoms with van der Waals surface area (Å²) in [6, 6.07) is 1.88. The molecule has 3 aliphatic heterocycles. The molecular weight excluding hydrogens is 464 g/mol. The van der Waals surface area contributed by atoms with Crippen molar-refractivity contribution in [1.82, 2.24) is 24.5 Å². The molecule has 10 heteroatoms. The van der Waals surface area contributed by atoms with Gasteiger partial charge in [-0.3, -0.25) is 14.6 Å². The van der Waals surface area contributed by atoms with Crippen molar-refractivity contribution >= 4 is 29.6 Å². The maximum atomic E-state index is 13.4. The third-order valence-corrected chi connectivity index (χ3v) is 7.82. The minimum absolute atomic E-state index is 0.0616. The molecule has 3 aliphatic rings. The fourth-order valence-corrected chi connectivity index (χ4v) is 6.11. The summed E-state index contributed by atoms with van der Waals surface area (Å²) in [5, 5.41) is 4.74. The molecule has 9 nitrogen and oxygen atoms in total. The van der Waals surface area contributed by atoms with Crippen LogP contribution in [0, 0.1) is 6.92 Å². The first-order valence-corrected chi connectivity index (χ1v) is 13.9. The third-order valence-electron chi connectivity index (χ3n) is 6.86. The Labute approximate surface area is 214 Å². The van der Waals surface area contributed by atoms with E-state index in [2.05, 4.69) is 41.3 Å². The Kier molecular flexibility index (Phi) is 7.35. The molecule has 0 radical (unpaired) electrons. The fraction of sp³-hybridized carbons (Fsp3) is 0.800. The number of hydrogen-bond acceptors (Lipinski definition) is 7. The molecule has 196 valence electrons. The van der Waals surface area contributed by atoms with E-state index in [0.29, 0.717) is 18.8 Å². The second-order valence-electron chi connectivity index (χ2n) is 11.9. The largest absolute Gasteiger partial charge is 0.444 e. The minimum Gasteiger partial charge on any atom is -0.444 e. The number of nitrogens with zero attached hydrogens (tertiary/aromatic N) is 6. The molecule has 3 saturated heterocycles. The standard InChI is InChI=1S/C25H42N6O3S/c1-18-14-21(31(26-18)24(2,3)4)28-10-8-27(9-11-28)19-15-20(22(32)29-12-13-35-17-29)30(16-19)23(33)34-25(5,6)7/h14,19-20H,8-13,15-17H2,1-7H3/t19-,20-/m0/s1. The normalized spacial score (nSPS) is 24.4. The molecule has 1 aromatic heterocycles. The monoisotopic (exact) mass is 506 g/mol. The first-order valence-electron chi connectivity index (χ1n) is 12.8. The lowest BCUT2D eigenvalue weighted by Gasteiger charge is -2.39. The third kappa shape index (κ3) is 5.90. The highest BCUT2D eigenvalue weighted by Crippen LogP contribution is 2.30. The fourth-order valence-electron chi connectivity index (χ4n) is 5.15. The van der Waals surface area contributed by atoms with Crippen molar-refractivity contribution in [3.8, 4) is 0 Å². The van der Waals surface area contributed by atoms with Crippen LogP contribution in [0.2, 0.25) is 0 Å². The second-order valence-corrected chi connectivity index (χ2v) is 13.0. The molecule has 0 bridgehead atoms. The van der Waals surface area contributed by atoms with E-state index in [9.17, 15) is 9.59 Å². The Bertz CT molecular complexity index is 923. The smallest absolute Gasteiger partial charge is 0.411 e. The summed E-state index contributed by atoms with van der Waals surface area (Å²) in [5.74, 6) is 2.89. The van der Waals surface area contributed by atoms with Gasteiger partial charge in [0.2, 0.25) is 5.91 Å². The zero-order valence-corrected chi connectivity index (χ0v) is 23.2. The Morgan fingerprint density at radius 2 is 1.74 bits per heavy atom. The Morgan fingerprint density at radius 1 is 1.06 bits per heavy atom. The van der Waals surface area contributed by atoms with Crippen molar-refractivity contribution in [1.29, 1.82) is 0 Å². The Morgan fingerprint density at radius 3 is 2.31 bits per heavy atom. The van der Waals surface area contributed by atoms with Crippen molar-refractivity contribution in [3.05, 3.63) is 11.8 Å². The summed E-state index contributed by atoms with van der Waals surface area (Å²) in [4.78, 5) is 34.9. The zero-order chi connectivity index (χ0) is 25.5. The van der Waals surface area contributed by atoms with E-state index in [1.54, 1.807) is 16.7 Å². The van der Waals surface area contributed by atoms with Crippen LogP contribution in [-0.4, -0.2) is 105 Å². The molecule has 2 atom stereocenters. The highest BCUT2D eigenvalue weighted by atomic mass is 32.2. The van der Waals surface area contributed by atoms with Crippen molar-refractivity contribution in [3.63, 3.8) is 0 Å². The van der Waals surface area contributed by atoms with Gasteiger partial charge in [-0.25, -0.2) is 9.48 Å². The molecule has 0 saturated carbocycles. The summed E-state index contributed by atoms with van der Waals surface area (Å²) in [6.45, 7) is 19.1. The van der Waals surface area contributed by atoms with Crippen LogP contribution in [0.3, 0.4) is 0 Å². The van der Waals surface area contributed by atoms with Gasteiger partial charge in [0.25, 0.3) is 0 Å². The number of amides is 2. The van der Waals surface area contributed by atoms with Crippen LogP contribution in [0.5, 0.6) is 0 Å². The number of aromatic nitrogens is 2. The van der Waals surface area contributed by atoms with Gasteiger partial charge in [0.1, 0.15) is 17.5 Å². The summed E-state index contributed by atoms with van der Waals surface area (Å²) < 4.78 is 7.82. The van der Waals surface area contributed by atoms with Crippen LogP contribution >= 0.6 is 11.8 Å². The van der Waals surface area contributed by atoms with Gasteiger partial charge in [0, 0.05) is 57.1 Å². The Balaban J connectivity index is 1.45. The number of likely N-dealkylation sites (tertiary alicyclic amines) is 1. The van der Waals surface area contributed by atoms with Crippen LogP contribution < -0.4 is 4.90 Å². The topological polar surface area (TPSA) is 74.2 Å². The molecule has 1 aromatic rings. The number of carbonyl (C=O) groups excluding carboxylic acids is 2. The molecule has 3 fully saturated rings. The van der Waals surface area contributed by atoms with Gasteiger partial charge in [0.05, 0.1) is 17.1 Å². The first kappa shape index (κ1) is 26.1. The van der Waals surface area contributed by atoms with Crippen molar-refractivity contribution < 1.29 is 14.3 Å². The average Bonchev–Trinajstić information content (AvgIpc) is 3.51. The van der Waals surface area contributed by atoms with Crippen LogP contribution in [0.15, 0.2) is 6.07 Å². The van der Waals surface area contributed by atoms with Crippen LogP contribution in [0.4, 0.5) is 10.6 Å². The van der Waals surface area contributed by atoms with E-state index < -0.39 is 11.6 Å². The molecule has 2 amide bonds. The van der Waals surface area contributed by atoms with Crippen LogP contribution in [-0.2, 0) is 15.1 Å². The van der Waals surface area contributed by atoms with Gasteiger partial charge in [0.15, 0.2) is 0 Å². The van der Waals surface area contributed by atoms with E-state index in [0.717, 1.165) is 50.0 Å². The van der Waals surface area contributed by atoms with Gasteiger partial charge < -0.3 is 14.5 Å². The quantitative estimate of drug-likeness (QED) is 0.624. The molecule has 35 heavy (non-hydrogen) atoms. The average molecular weight is 507 g/mol.